The zero-order chi connectivity index (χ0) is 15.0. The minimum Gasteiger partial charge on any atom is -0.358 e. The minimum absolute atomic E-state index is 0.420. The third-order valence-corrected chi connectivity index (χ3v) is 5.24. The van der Waals surface area contributed by atoms with Crippen molar-refractivity contribution in [2.75, 3.05) is 11.9 Å². The highest BCUT2D eigenvalue weighted by Crippen LogP contribution is 2.54. The lowest BCUT2D eigenvalue weighted by Crippen LogP contribution is -2.35. The Morgan fingerprint density at radius 2 is 2.09 bits per heavy atom. The van der Waals surface area contributed by atoms with Gasteiger partial charge >= 0.3 is 0 Å². The van der Waals surface area contributed by atoms with Gasteiger partial charge in [0.05, 0.1) is 17.1 Å². The van der Waals surface area contributed by atoms with Gasteiger partial charge in [-0.1, -0.05) is 32.0 Å². The lowest BCUT2D eigenvalue weighted by atomic mass is 9.86. The average molecular weight is 289 g/mol. The molecule has 1 unspecified atom stereocenters. The summed E-state index contributed by atoms with van der Waals surface area (Å²) in [6, 6.07) is 8.88. The molecule has 2 aromatic rings. The number of hydrogen-bond acceptors (Lipinski definition) is 3. The van der Waals surface area contributed by atoms with Crippen molar-refractivity contribution >= 4 is 11.4 Å². The summed E-state index contributed by atoms with van der Waals surface area (Å²) >= 11 is 0. The van der Waals surface area contributed by atoms with Gasteiger partial charge in [0.2, 0.25) is 0 Å². The molecule has 3 aliphatic heterocycles. The van der Waals surface area contributed by atoms with Crippen molar-refractivity contribution in [2.24, 2.45) is 0 Å². The molecule has 0 saturated heterocycles. The van der Waals surface area contributed by atoms with Crippen molar-refractivity contribution in [3.8, 4) is 11.3 Å². The van der Waals surface area contributed by atoms with Crippen LogP contribution in [0.3, 0.4) is 0 Å². The van der Waals surface area contributed by atoms with Gasteiger partial charge in [-0.2, -0.15) is 0 Å². The molecule has 0 amide bonds. The van der Waals surface area contributed by atoms with Crippen LogP contribution in [0.1, 0.15) is 36.5 Å². The van der Waals surface area contributed by atoms with E-state index in [9.17, 15) is 0 Å². The van der Waals surface area contributed by atoms with Crippen LogP contribution in [0, 0.1) is 0 Å². The minimum atomic E-state index is 0.420. The van der Waals surface area contributed by atoms with Gasteiger partial charge in [0.1, 0.15) is 6.17 Å². The van der Waals surface area contributed by atoms with Gasteiger partial charge in [-0.3, -0.25) is 4.98 Å². The van der Waals surface area contributed by atoms with E-state index in [1.807, 2.05) is 6.20 Å². The van der Waals surface area contributed by atoms with Crippen LogP contribution < -0.4 is 4.90 Å². The molecule has 0 spiro atoms. The lowest BCUT2D eigenvalue weighted by Gasteiger charge is -2.32. The number of fused-ring (bicyclic) bond motifs is 3. The van der Waals surface area contributed by atoms with Crippen LogP contribution in [0.15, 0.2) is 36.7 Å². The molecule has 5 rings (SSSR count). The zero-order valence-electron chi connectivity index (χ0n) is 13.2. The van der Waals surface area contributed by atoms with Crippen LogP contribution in [0.5, 0.6) is 0 Å². The predicted octanol–water partition coefficient (Wildman–Crippen LogP) is 3.82. The van der Waals surface area contributed by atoms with Gasteiger partial charge in [-0.25, -0.2) is 0 Å². The number of nitrogens with zero attached hydrogens (tertiary/aromatic N) is 3. The average Bonchev–Trinajstić information content (AvgIpc) is 3.05. The topological polar surface area (TPSA) is 19.4 Å². The van der Waals surface area contributed by atoms with Crippen molar-refractivity contribution in [1.82, 2.24) is 9.88 Å². The second-order valence-corrected chi connectivity index (χ2v) is 6.83. The fourth-order valence-corrected chi connectivity index (χ4v) is 4.22. The molecule has 0 fully saturated rings. The van der Waals surface area contributed by atoms with Crippen molar-refractivity contribution in [3.63, 3.8) is 0 Å². The molecule has 0 bridgehead atoms. The Balaban J connectivity index is 1.92. The van der Waals surface area contributed by atoms with Gasteiger partial charge in [0.25, 0.3) is 0 Å². The van der Waals surface area contributed by atoms with Crippen LogP contribution in [0.4, 0.5) is 5.69 Å². The van der Waals surface area contributed by atoms with E-state index in [4.69, 9.17) is 4.98 Å². The van der Waals surface area contributed by atoms with E-state index in [0.29, 0.717) is 12.1 Å². The third-order valence-electron chi connectivity index (χ3n) is 5.24. The van der Waals surface area contributed by atoms with E-state index in [1.54, 1.807) is 0 Å². The number of pyridine rings is 1. The zero-order valence-corrected chi connectivity index (χ0v) is 13.2. The summed E-state index contributed by atoms with van der Waals surface area (Å²) in [5.41, 5.74) is 9.35. The summed E-state index contributed by atoms with van der Waals surface area (Å²) in [5.74, 6) is 0.496. The Labute approximate surface area is 130 Å². The highest BCUT2D eigenvalue weighted by molar-refractivity contribution is 6.02. The SMILES string of the molecule is CC(C)c1cccc2c1-c1nccc3c1N1C2=CN(C)C1C3. The van der Waals surface area contributed by atoms with Crippen molar-refractivity contribution in [3.05, 3.63) is 53.4 Å². The summed E-state index contributed by atoms with van der Waals surface area (Å²) in [5, 5.41) is 0. The van der Waals surface area contributed by atoms with Crippen LogP contribution in [0.25, 0.3) is 17.0 Å². The molecular weight excluding hydrogens is 270 g/mol. The van der Waals surface area contributed by atoms with Crippen LogP contribution in [-0.4, -0.2) is 23.1 Å². The van der Waals surface area contributed by atoms with E-state index >= 15 is 0 Å². The molecule has 22 heavy (non-hydrogen) atoms. The fraction of sp³-hybridized carbons (Fsp3) is 0.316. The Morgan fingerprint density at radius 3 is 2.91 bits per heavy atom. The first kappa shape index (κ1) is 12.3. The van der Waals surface area contributed by atoms with Gasteiger partial charge in [-0.05, 0) is 23.1 Å². The summed E-state index contributed by atoms with van der Waals surface area (Å²) in [6.07, 6.45) is 5.77. The van der Waals surface area contributed by atoms with Gasteiger partial charge in [0, 0.05) is 37.0 Å². The maximum atomic E-state index is 4.79. The number of likely N-dealkylation sites (N-methyl/N-ethyl adjacent to an activating group) is 1. The maximum absolute atomic E-state index is 4.79. The van der Waals surface area contributed by atoms with Crippen LogP contribution >= 0.6 is 0 Å². The Hall–Kier alpha value is -2.29. The Bertz CT molecular complexity index is 835. The molecule has 4 heterocycles. The second kappa shape index (κ2) is 3.92. The van der Waals surface area contributed by atoms with E-state index in [1.165, 1.54) is 39.3 Å². The summed E-state index contributed by atoms with van der Waals surface area (Å²) < 4.78 is 0. The van der Waals surface area contributed by atoms with E-state index in [0.717, 1.165) is 6.42 Å². The monoisotopic (exact) mass is 289 g/mol. The summed E-state index contributed by atoms with van der Waals surface area (Å²) in [6.45, 7) is 4.53. The highest BCUT2D eigenvalue weighted by atomic mass is 15.4. The smallest absolute Gasteiger partial charge is 0.110 e. The van der Waals surface area contributed by atoms with E-state index < -0.39 is 0 Å². The molecule has 0 aliphatic carbocycles. The van der Waals surface area contributed by atoms with Crippen LogP contribution in [-0.2, 0) is 6.42 Å². The molecule has 3 nitrogen and oxygen atoms in total. The Kier molecular flexibility index (Phi) is 2.18. The molecule has 0 N–H and O–H groups in total. The first-order valence-electron chi connectivity index (χ1n) is 8.01. The lowest BCUT2D eigenvalue weighted by molar-refractivity contribution is 0.369. The van der Waals surface area contributed by atoms with E-state index in [-0.39, 0.29) is 0 Å². The molecule has 110 valence electrons. The van der Waals surface area contributed by atoms with Crippen molar-refractivity contribution in [2.45, 2.75) is 32.4 Å². The molecule has 1 atom stereocenters. The second-order valence-electron chi connectivity index (χ2n) is 6.83. The number of anilines is 1. The molecule has 3 aliphatic rings. The number of rotatable bonds is 1. The molecule has 1 aromatic carbocycles. The van der Waals surface area contributed by atoms with Gasteiger partial charge < -0.3 is 9.80 Å². The summed E-state index contributed by atoms with van der Waals surface area (Å²) in [4.78, 5) is 9.62. The standard InChI is InChI=1S/C19H19N3/c1-11(2)13-5-4-6-14-15-10-21(3)16-9-12-7-8-20-18(17(13)14)19(12)22(15)16/h4-8,10-11,16H,9H2,1-3H3. The van der Waals surface area contributed by atoms with Gasteiger partial charge in [-0.15, -0.1) is 0 Å². The van der Waals surface area contributed by atoms with Crippen molar-refractivity contribution in [1.29, 1.82) is 0 Å². The first-order chi connectivity index (χ1) is 10.7. The number of aromatic nitrogens is 1. The number of hydrogen-bond donors (Lipinski definition) is 0. The Morgan fingerprint density at radius 1 is 1.23 bits per heavy atom. The van der Waals surface area contributed by atoms with E-state index in [2.05, 4.69) is 61.2 Å². The largest absolute Gasteiger partial charge is 0.358 e. The first-order valence-corrected chi connectivity index (χ1v) is 8.01. The molecule has 0 saturated carbocycles. The quantitative estimate of drug-likeness (QED) is 0.795. The predicted molar refractivity (Wildman–Crippen MR) is 89.5 cm³/mol. The highest BCUT2D eigenvalue weighted by Gasteiger charge is 2.44. The number of benzene rings is 1. The molecule has 3 heteroatoms. The normalized spacial score (nSPS) is 20.4. The molecule has 1 aromatic heterocycles. The van der Waals surface area contributed by atoms with Crippen molar-refractivity contribution < 1.29 is 0 Å². The van der Waals surface area contributed by atoms with Crippen LogP contribution in [0.2, 0.25) is 0 Å². The molecule has 0 radical (unpaired) electrons. The van der Waals surface area contributed by atoms with Gasteiger partial charge in [0.15, 0.2) is 0 Å². The fourth-order valence-electron chi connectivity index (χ4n) is 4.22. The molecular formula is C19H19N3. The maximum Gasteiger partial charge on any atom is 0.110 e. The summed E-state index contributed by atoms with van der Waals surface area (Å²) in [7, 11) is 2.18. The third kappa shape index (κ3) is 1.30.